The zero-order valence-corrected chi connectivity index (χ0v) is 11.7. The van der Waals surface area contributed by atoms with Gasteiger partial charge in [0.1, 0.15) is 6.10 Å². The van der Waals surface area contributed by atoms with Gasteiger partial charge in [0.15, 0.2) is 11.5 Å². The van der Waals surface area contributed by atoms with E-state index in [9.17, 15) is 5.11 Å². The summed E-state index contributed by atoms with van der Waals surface area (Å²) in [5, 5.41) is 9.27. The Hall–Kier alpha value is -1.26. The maximum Gasteiger partial charge on any atom is 0.161 e. The normalized spacial score (nSPS) is 26.4. The molecule has 2 unspecified atom stereocenters. The molecule has 19 heavy (non-hydrogen) atoms. The highest BCUT2D eigenvalue weighted by atomic mass is 16.5. The first-order valence-electron chi connectivity index (χ1n) is 6.83. The third-order valence-electron chi connectivity index (χ3n) is 3.84. The smallest absolute Gasteiger partial charge is 0.161 e. The number of aryl methyl sites for hydroxylation is 1. The van der Waals surface area contributed by atoms with Crippen molar-refractivity contribution in [2.24, 2.45) is 5.73 Å². The highest BCUT2D eigenvalue weighted by molar-refractivity contribution is 5.43. The minimum Gasteiger partial charge on any atom is -0.493 e. The maximum absolute atomic E-state index is 9.27. The van der Waals surface area contributed by atoms with Crippen molar-refractivity contribution >= 4 is 0 Å². The number of aliphatic hydroxyl groups is 1. The van der Waals surface area contributed by atoms with Gasteiger partial charge in [-0.05, 0) is 37.0 Å². The van der Waals surface area contributed by atoms with E-state index in [4.69, 9.17) is 15.2 Å². The molecule has 0 aliphatic heterocycles. The Morgan fingerprint density at radius 3 is 2.79 bits per heavy atom. The van der Waals surface area contributed by atoms with Gasteiger partial charge in [-0.1, -0.05) is 13.0 Å². The van der Waals surface area contributed by atoms with E-state index in [1.54, 1.807) is 7.11 Å². The Labute approximate surface area is 114 Å². The summed E-state index contributed by atoms with van der Waals surface area (Å²) in [4.78, 5) is 0. The van der Waals surface area contributed by atoms with Gasteiger partial charge >= 0.3 is 0 Å². The molecule has 0 heterocycles. The van der Waals surface area contributed by atoms with E-state index in [1.165, 1.54) is 5.56 Å². The molecule has 1 saturated carbocycles. The van der Waals surface area contributed by atoms with Gasteiger partial charge in [0, 0.05) is 12.0 Å². The standard InChI is InChI=1S/C15H23NO3/c1-3-11-4-5-13(14(8-11)18-2)19-12-6-7-15(16,9-12)10-17/h4-5,8,12,17H,3,6-7,9-10,16H2,1-2H3. The van der Waals surface area contributed by atoms with E-state index < -0.39 is 5.54 Å². The Morgan fingerprint density at radius 2 is 2.21 bits per heavy atom. The minimum atomic E-state index is -0.485. The zero-order chi connectivity index (χ0) is 13.9. The monoisotopic (exact) mass is 265 g/mol. The summed E-state index contributed by atoms with van der Waals surface area (Å²) in [7, 11) is 1.65. The van der Waals surface area contributed by atoms with Crippen LogP contribution < -0.4 is 15.2 Å². The number of ether oxygens (including phenoxy) is 2. The number of rotatable bonds is 5. The Balaban J connectivity index is 2.07. The molecule has 1 fully saturated rings. The van der Waals surface area contributed by atoms with Crippen LogP contribution in [0.1, 0.15) is 31.7 Å². The van der Waals surface area contributed by atoms with Crippen LogP contribution in [0.2, 0.25) is 0 Å². The molecule has 4 nitrogen and oxygen atoms in total. The fourth-order valence-corrected chi connectivity index (χ4v) is 2.56. The quantitative estimate of drug-likeness (QED) is 0.853. The first kappa shape index (κ1) is 14.2. The predicted molar refractivity (Wildman–Crippen MR) is 74.6 cm³/mol. The molecule has 2 rings (SSSR count). The molecule has 0 radical (unpaired) electrons. The molecule has 0 saturated heterocycles. The highest BCUT2D eigenvalue weighted by Crippen LogP contribution is 2.35. The summed E-state index contributed by atoms with van der Waals surface area (Å²) >= 11 is 0. The van der Waals surface area contributed by atoms with Crippen LogP contribution in [0, 0.1) is 0 Å². The number of nitrogens with two attached hydrogens (primary N) is 1. The molecular weight excluding hydrogens is 242 g/mol. The number of methoxy groups -OCH3 is 1. The Bertz CT molecular complexity index is 435. The number of benzene rings is 1. The zero-order valence-electron chi connectivity index (χ0n) is 11.7. The van der Waals surface area contributed by atoms with Gasteiger partial charge in [-0.3, -0.25) is 0 Å². The maximum atomic E-state index is 9.27. The molecular formula is C15H23NO3. The Morgan fingerprint density at radius 1 is 1.42 bits per heavy atom. The second-order valence-corrected chi connectivity index (χ2v) is 5.34. The van der Waals surface area contributed by atoms with Gasteiger partial charge in [0.05, 0.1) is 13.7 Å². The van der Waals surface area contributed by atoms with E-state index >= 15 is 0 Å². The lowest BCUT2D eigenvalue weighted by Gasteiger charge is -2.21. The summed E-state index contributed by atoms with van der Waals surface area (Å²) in [6.07, 6.45) is 3.37. The van der Waals surface area contributed by atoms with Gasteiger partial charge in [-0.15, -0.1) is 0 Å². The van der Waals surface area contributed by atoms with Gasteiger partial charge < -0.3 is 20.3 Å². The van der Waals surface area contributed by atoms with Crippen molar-refractivity contribution in [2.75, 3.05) is 13.7 Å². The van der Waals surface area contributed by atoms with Crippen LogP contribution in [0.3, 0.4) is 0 Å². The topological polar surface area (TPSA) is 64.7 Å². The van der Waals surface area contributed by atoms with Crippen LogP contribution in [0.15, 0.2) is 18.2 Å². The number of aliphatic hydroxyl groups excluding tert-OH is 1. The lowest BCUT2D eigenvalue weighted by molar-refractivity contribution is 0.162. The molecule has 1 aromatic rings. The van der Waals surface area contributed by atoms with Gasteiger partial charge in [0.25, 0.3) is 0 Å². The molecule has 0 amide bonds. The highest BCUT2D eigenvalue weighted by Gasteiger charge is 2.36. The SMILES string of the molecule is CCc1ccc(OC2CCC(N)(CO)C2)c(OC)c1. The summed E-state index contributed by atoms with van der Waals surface area (Å²) in [5.41, 5.74) is 6.79. The van der Waals surface area contributed by atoms with Crippen molar-refractivity contribution in [3.63, 3.8) is 0 Å². The minimum absolute atomic E-state index is 0.0127. The first-order valence-corrected chi connectivity index (χ1v) is 6.83. The van der Waals surface area contributed by atoms with E-state index in [0.717, 1.165) is 30.8 Å². The van der Waals surface area contributed by atoms with E-state index in [-0.39, 0.29) is 12.7 Å². The molecule has 2 atom stereocenters. The van der Waals surface area contributed by atoms with Gasteiger partial charge in [0.2, 0.25) is 0 Å². The lowest BCUT2D eigenvalue weighted by Crippen LogP contribution is -2.41. The molecule has 1 aliphatic carbocycles. The summed E-state index contributed by atoms with van der Waals surface area (Å²) in [6, 6.07) is 6.01. The van der Waals surface area contributed by atoms with Crippen LogP contribution in [0.4, 0.5) is 0 Å². The van der Waals surface area contributed by atoms with Crippen molar-refractivity contribution in [1.82, 2.24) is 0 Å². The number of hydrogen-bond donors (Lipinski definition) is 2. The van der Waals surface area contributed by atoms with Gasteiger partial charge in [-0.2, -0.15) is 0 Å². The molecule has 0 spiro atoms. The second kappa shape index (κ2) is 5.80. The average Bonchev–Trinajstić information content (AvgIpc) is 2.81. The molecule has 0 bridgehead atoms. The van der Waals surface area contributed by atoms with E-state index in [0.29, 0.717) is 6.42 Å². The van der Waals surface area contributed by atoms with Gasteiger partial charge in [-0.25, -0.2) is 0 Å². The third kappa shape index (κ3) is 3.19. The summed E-state index contributed by atoms with van der Waals surface area (Å²) < 4.78 is 11.3. The molecule has 106 valence electrons. The van der Waals surface area contributed by atoms with Crippen molar-refractivity contribution in [3.8, 4) is 11.5 Å². The van der Waals surface area contributed by atoms with Crippen molar-refractivity contribution < 1.29 is 14.6 Å². The lowest BCUT2D eigenvalue weighted by atomic mass is 10.0. The molecule has 0 aromatic heterocycles. The third-order valence-corrected chi connectivity index (χ3v) is 3.84. The molecule has 1 aromatic carbocycles. The molecule has 4 heteroatoms. The van der Waals surface area contributed by atoms with Crippen LogP contribution in [0.5, 0.6) is 11.5 Å². The van der Waals surface area contributed by atoms with Crippen LogP contribution in [0.25, 0.3) is 0 Å². The Kier molecular flexibility index (Phi) is 4.32. The number of hydrogen-bond acceptors (Lipinski definition) is 4. The van der Waals surface area contributed by atoms with E-state index in [1.807, 2.05) is 12.1 Å². The van der Waals surface area contributed by atoms with Crippen molar-refractivity contribution in [1.29, 1.82) is 0 Å². The fourth-order valence-electron chi connectivity index (χ4n) is 2.56. The fraction of sp³-hybridized carbons (Fsp3) is 0.600. The van der Waals surface area contributed by atoms with Crippen LogP contribution in [-0.2, 0) is 6.42 Å². The largest absolute Gasteiger partial charge is 0.493 e. The first-order chi connectivity index (χ1) is 9.10. The van der Waals surface area contributed by atoms with E-state index in [2.05, 4.69) is 13.0 Å². The van der Waals surface area contributed by atoms with Crippen molar-refractivity contribution in [3.05, 3.63) is 23.8 Å². The molecule has 1 aliphatic rings. The van der Waals surface area contributed by atoms with Crippen LogP contribution in [-0.4, -0.2) is 30.5 Å². The predicted octanol–water partition coefficient (Wildman–Crippen LogP) is 1.88. The molecule has 3 N–H and O–H groups in total. The van der Waals surface area contributed by atoms with Crippen LogP contribution >= 0.6 is 0 Å². The summed E-state index contributed by atoms with van der Waals surface area (Å²) in [5.74, 6) is 1.52. The second-order valence-electron chi connectivity index (χ2n) is 5.34. The van der Waals surface area contributed by atoms with Crippen molar-refractivity contribution in [2.45, 2.75) is 44.2 Å². The summed E-state index contributed by atoms with van der Waals surface area (Å²) in [6.45, 7) is 2.12. The average molecular weight is 265 g/mol.